The first-order chi connectivity index (χ1) is 11.1. The van der Waals surface area contributed by atoms with Crippen molar-refractivity contribution >= 4 is 0 Å². The van der Waals surface area contributed by atoms with Crippen LogP contribution in [0.2, 0.25) is 0 Å². The second-order valence-corrected chi connectivity index (χ2v) is 4.96. The fourth-order valence-corrected chi connectivity index (χ4v) is 2.27. The molecule has 0 spiro atoms. The topological polar surface area (TPSA) is 50.7 Å². The van der Waals surface area contributed by atoms with Crippen molar-refractivity contribution < 1.29 is 23.4 Å². The van der Waals surface area contributed by atoms with Crippen molar-refractivity contribution in [1.82, 2.24) is 5.32 Å². The number of hydrogen-bond donors (Lipinski definition) is 2. The van der Waals surface area contributed by atoms with Gasteiger partial charge in [0.05, 0.1) is 25.9 Å². The maximum absolute atomic E-state index is 13.6. The highest BCUT2D eigenvalue weighted by atomic mass is 19.1. The van der Waals surface area contributed by atoms with Crippen LogP contribution in [-0.4, -0.2) is 25.9 Å². The lowest BCUT2D eigenvalue weighted by Crippen LogP contribution is -2.22. The monoisotopic (exact) mass is 323 g/mol. The van der Waals surface area contributed by atoms with Crippen molar-refractivity contribution in [3.8, 4) is 11.5 Å². The van der Waals surface area contributed by atoms with E-state index < -0.39 is 17.7 Å². The molecule has 1 unspecified atom stereocenters. The van der Waals surface area contributed by atoms with E-state index in [0.29, 0.717) is 18.0 Å². The van der Waals surface area contributed by atoms with Crippen LogP contribution in [-0.2, 0) is 6.54 Å². The van der Waals surface area contributed by atoms with Crippen LogP contribution in [0.3, 0.4) is 0 Å². The number of aliphatic hydroxyl groups is 1. The first-order valence-corrected chi connectivity index (χ1v) is 7.10. The zero-order valence-electron chi connectivity index (χ0n) is 13.0. The van der Waals surface area contributed by atoms with Crippen LogP contribution in [0.15, 0.2) is 36.4 Å². The summed E-state index contributed by atoms with van der Waals surface area (Å²) in [6.07, 6.45) is -1.28. The molecule has 2 aromatic carbocycles. The Balaban J connectivity index is 2.00. The number of methoxy groups -OCH3 is 2. The van der Waals surface area contributed by atoms with Crippen LogP contribution in [0, 0.1) is 11.6 Å². The lowest BCUT2D eigenvalue weighted by molar-refractivity contribution is 0.164. The summed E-state index contributed by atoms with van der Waals surface area (Å²) in [5, 5.41) is 12.9. The quantitative estimate of drug-likeness (QED) is 0.823. The Morgan fingerprint density at radius 2 is 1.78 bits per heavy atom. The van der Waals surface area contributed by atoms with Crippen LogP contribution in [0.4, 0.5) is 8.78 Å². The average Bonchev–Trinajstić information content (AvgIpc) is 2.55. The van der Waals surface area contributed by atoms with E-state index in [4.69, 9.17) is 9.47 Å². The third-order valence-electron chi connectivity index (χ3n) is 3.48. The van der Waals surface area contributed by atoms with Crippen LogP contribution in [0.25, 0.3) is 0 Å². The number of benzene rings is 2. The highest BCUT2D eigenvalue weighted by Gasteiger charge is 2.17. The third-order valence-corrected chi connectivity index (χ3v) is 3.48. The molecule has 2 N–H and O–H groups in total. The van der Waals surface area contributed by atoms with Crippen LogP contribution >= 0.6 is 0 Å². The molecular weight excluding hydrogens is 304 g/mol. The molecule has 0 heterocycles. The molecule has 1 atom stereocenters. The van der Waals surface area contributed by atoms with Gasteiger partial charge in [-0.25, -0.2) is 8.78 Å². The van der Waals surface area contributed by atoms with Gasteiger partial charge in [-0.05, 0) is 18.2 Å². The van der Waals surface area contributed by atoms with Gasteiger partial charge in [-0.2, -0.15) is 0 Å². The number of halogens is 2. The minimum absolute atomic E-state index is 0.00698. The molecule has 4 nitrogen and oxygen atoms in total. The average molecular weight is 323 g/mol. The highest BCUT2D eigenvalue weighted by molar-refractivity contribution is 5.40. The molecule has 0 aliphatic rings. The van der Waals surface area contributed by atoms with Gasteiger partial charge >= 0.3 is 0 Å². The summed E-state index contributed by atoms with van der Waals surface area (Å²) in [6.45, 7) is 0.382. The first-order valence-electron chi connectivity index (χ1n) is 7.10. The Morgan fingerprint density at radius 1 is 1.09 bits per heavy atom. The fourth-order valence-electron chi connectivity index (χ4n) is 2.27. The molecule has 0 aliphatic carbocycles. The normalized spacial score (nSPS) is 12.0. The van der Waals surface area contributed by atoms with Gasteiger partial charge in [-0.15, -0.1) is 0 Å². The summed E-state index contributed by atoms with van der Waals surface area (Å²) in [6, 6.07) is 8.84. The van der Waals surface area contributed by atoms with Crippen LogP contribution in [0.5, 0.6) is 11.5 Å². The van der Waals surface area contributed by atoms with Crippen molar-refractivity contribution in [2.75, 3.05) is 20.8 Å². The zero-order chi connectivity index (χ0) is 16.8. The molecule has 0 saturated heterocycles. The molecular formula is C17H19F2NO3. The first kappa shape index (κ1) is 17.2. The highest BCUT2D eigenvalue weighted by Crippen LogP contribution is 2.25. The maximum Gasteiger partial charge on any atom is 0.131 e. The Kier molecular flexibility index (Phi) is 5.90. The number of rotatable bonds is 7. The van der Waals surface area contributed by atoms with Gasteiger partial charge < -0.3 is 19.9 Å². The summed E-state index contributed by atoms with van der Waals surface area (Å²) in [5.41, 5.74) is 0.510. The molecule has 0 aliphatic heterocycles. The summed E-state index contributed by atoms with van der Waals surface area (Å²) >= 11 is 0. The molecule has 0 aromatic heterocycles. The Morgan fingerprint density at radius 3 is 2.39 bits per heavy atom. The molecule has 0 bridgehead atoms. The summed E-state index contributed by atoms with van der Waals surface area (Å²) in [4.78, 5) is 0. The van der Waals surface area contributed by atoms with Gasteiger partial charge in [-0.3, -0.25) is 0 Å². The molecule has 2 rings (SSSR count). The van der Waals surface area contributed by atoms with Gasteiger partial charge in [0.2, 0.25) is 0 Å². The van der Waals surface area contributed by atoms with Gasteiger partial charge in [0.25, 0.3) is 0 Å². The Hall–Kier alpha value is -2.18. The van der Waals surface area contributed by atoms with E-state index in [-0.39, 0.29) is 12.1 Å². The molecule has 6 heteroatoms. The van der Waals surface area contributed by atoms with Gasteiger partial charge in [0, 0.05) is 24.7 Å². The van der Waals surface area contributed by atoms with Crippen LogP contribution < -0.4 is 14.8 Å². The molecule has 124 valence electrons. The standard InChI is InChI=1S/C17H19F2NO3/c1-22-12-7-6-11(16(8-12)23-2)9-20-10-15(21)17-13(18)4-3-5-14(17)19/h3-8,15,20-21H,9-10H2,1-2H3. The smallest absolute Gasteiger partial charge is 0.131 e. The van der Waals surface area contributed by atoms with Crippen molar-refractivity contribution in [2.24, 2.45) is 0 Å². The minimum atomic E-state index is -1.28. The lowest BCUT2D eigenvalue weighted by Gasteiger charge is -2.15. The number of nitrogens with one attached hydrogen (secondary N) is 1. The summed E-state index contributed by atoms with van der Waals surface area (Å²) < 4.78 is 37.6. The van der Waals surface area contributed by atoms with Crippen molar-refractivity contribution in [1.29, 1.82) is 0 Å². The largest absolute Gasteiger partial charge is 0.497 e. The number of aliphatic hydroxyl groups excluding tert-OH is 1. The Bertz CT molecular complexity index is 644. The second kappa shape index (κ2) is 7.89. The summed E-state index contributed by atoms with van der Waals surface area (Å²) in [7, 11) is 3.11. The number of hydrogen-bond acceptors (Lipinski definition) is 4. The van der Waals surface area contributed by atoms with Gasteiger partial charge in [0.15, 0.2) is 0 Å². The Labute approximate surface area is 133 Å². The van der Waals surface area contributed by atoms with E-state index in [0.717, 1.165) is 17.7 Å². The van der Waals surface area contributed by atoms with Crippen molar-refractivity contribution in [2.45, 2.75) is 12.6 Å². The van der Waals surface area contributed by atoms with E-state index in [1.807, 2.05) is 6.07 Å². The van der Waals surface area contributed by atoms with E-state index in [9.17, 15) is 13.9 Å². The lowest BCUT2D eigenvalue weighted by atomic mass is 10.1. The van der Waals surface area contributed by atoms with E-state index in [2.05, 4.69) is 5.32 Å². The second-order valence-electron chi connectivity index (χ2n) is 4.96. The fraction of sp³-hybridized carbons (Fsp3) is 0.294. The van der Waals surface area contributed by atoms with E-state index in [1.165, 1.54) is 6.07 Å². The predicted molar refractivity (Wildman–Crippen MR) is 82.6 cm³/mol. The van der Waals surface area contributed by atoms with Gasteiger partial charge in [-0.1, -0.05) is 12.1 Å². The van der Waals surface area contributed by atoms with E-state index >= 15 is 0 Å². The molecule has 23 heavy (non-hydrogen) atoms. The van der Waals surface area contributed by atoms with Gasteiger partial charge in [0.1, 0.15) is 23.1 Å². The molecule has 2 aromatic rings. The van der Waals surface area contributed by atoms with Crippen molar-refractivity contribution in [3.63, 3.8) is 0 Å². The zero-order valence-corrected chi connectivity index (χ0v) is 13.0. The predicted octanol–water partition coefficient (Wildman–Crippen LogP) is 2.81. The van der Waals surface area contributed by atoms with E-state index in [1.54, 1.807) is 26.4 Å². The van der Waals surface area contributed by atoms with Crippen LogP contribution in [0.1, 0.15) is 17.2 Å². The molecule has 0 radical (unpaired) electrons. The minimum Gasteiger partial charge on any atom is -0.497 e. The van der Waals surface area contributed by atoms with Crippen molar-refractivity contribution in [3.05, 3.63) is 59.2 Å². The molecule has 0 saturated carbocycles. The molecule has 0 fully saturated rings. The summed E-state index contributed by atoms with van der Waals surface area (Å²) in [5.74, 6) is -0.231. The maximum atomic E-state index is 13.6. The molecule has 0 amide bonds. The third kappa shape index (κ3) is 4.18. The SMILES string of the molecule is COc1ccc(CNCC(O)c2c(F)cccc2F)c(OC)c1. The number of ether oxygens (including phenoxy) is 2.